The molecule has 41 heavy (non-hydrogen) atoms. The lowest BCUT2D eigenvalue weighted by Crippen LogP contribution is -2.36. The molecule has 16 heteroatoms. The van der Waals surface area contributed by atoms with Crippen molar-refractivity contribution in [3.8, 4) is 17.2 Å². The van der Waals surface area contributed by atoms with Crippen LogP contribution < -0.4 is 30.4 Å². The first-order valence-corrected chi connectivity index (χ1v) is 14.4. The van der Waals surface area contributed by atoms with E-state index in [1.807, 2.05) is 0 Å². The number of carbonyl (C=O) groups is 1. The number of aliphatic hydroxyl groups is 1. The van der Waals surface area contributed by atoms with Gasteiger partial charge in [0.15, 0.2) is 22.7 Å². The standard InChI is InChI=1S/C25H31N6O9P/c1-12(2)39-24(34)14(4)30-41(35,40-15-5-6-19-20(7-15)37-11-36-19)38-9-16-13(3)17(8-18(16)32)31-10-27-21-22(31)28-25(26)29-23(21)33/h5-7,10,12,14,16-18,32H,3,8-9,11H2,1-2,4H3,(H,30,35)(H3,26,28,29,33)/t14-,16-,17-,18-,41?/m0/s1. The molecule has 15 nitrogen and oxygen atoms in total. The molecule has 3 aromatic rings. The second kappa shape index (κ2) is 11.2. The van der Waals surface area contributed by atoms with E-state index in [9.17, 15) is 19.3 Å². The number of nitrogen functional groups attached to an aromatic ring is 1. The smallest absolute Gasteiger partial charge is 0.459 e. The number of aromatic amines is 1. The van der Waals surface area contributed by atoms with Gasteiger partial charge in [-0.1, -0.05) is 6.58 Å². The molecule has 5 rings (SSSR count). The van der Waals surface area contributed by atoms with Crippen LogP contribution in [0, 0.1) is 5.92 Å². The fourth-order valence-corrected chi connectivity index (χ4v) is 6.19. The number of aromatic nitrogens is 4. The van der Waals surface area contributed by atoms with Gasteiger partial charge in [0.25, 0.3) is 5.56 Å². The number of benzene rings is 1. The summed E-state index contributed by atoms with van der Waals surface area (Å²) >= 11 is 0. The quantitative estimate of drug-likeness (QED) is 0.152. The number of nitrogens with two attached hydrogens (primary N) is 1. The molecule has 1 aromatic carbocycles. The Kier molecular flexibility index (Phi) is 7.79. The third-order valence-corrected chi connectivity index (χ3v) is 8.31. The summed E-state index contributed by atoms with van der Waals surface area (Å²) in [6.45, 7) is 8.74. The maximum atomic E-state index is 14.0. The normalized spacial score (nSPS) is 22.2. The van der Waals surface area contributed by atoms with Gasteiger partial charge in [-0.15, -0.1) is 0 Å². The molecule has 5 atom stereocenters. The number of nitrogens with one attached hydrogen (secondary N) is 2. The van der Waals surface area contributed by atoms with E-state index in [1.54, 1.807) is 24.5 Å². The first-order valence-electron chi connectivity index (χ1n) is 12.9. The van der Waals surface area contributed by atoms with Gasteiger partial charge in [0.05, 0.1) is 31.2 Å². The number of rotatable bonds is 10. The highest BCUT2D eigenvalue weighted by molar-refractivity contribution is 7.52. The summed E-state index contributed by atoms with van der Waals surface area (Å²) in [5.74, 6) is -0.397. The van der Waals surface area contributed by atoms with Crippen LogP contribution in [0.1, 0.15) is 33.2 Å². The maximum Gasteiger partial charge on any atom is 0.459 e. The van der Waals surface area contributed by atoms with Crippen LogP contribution in [0.2, 0.25) is 0 Å². The molecule has 0 saturated heterocycles. The number of ether oxygens (including phenoxy) is 3. The number of nitrogens with zero attached hydrogens (tertiary/aromatic N) is 3. The lowest BCUT2D eigenvalue weighted by Gasteiger charge is -2.25. The van der Waals surface area contributed by atoms with Gasteiger partial charge in [0.2, 0.25) is 12.7 Å². The lowest BCUT2D eigenvalue weighted by atomic mass is 10.0. The number of hydrogen-bond acceptors (Lipinski definition) is 12. The molecule has 220 valence electrons. The van der Waals surface area contributed by atoms with E-state index in [0.717, 1.165) is 0 Å². The zero-order valence-corrected chi connectivity index (χ0v) is 23.5. The highest BCUT2D eigenvalue weighted by Crippen LogP contribution is 2.49. The van der Waals surface area contributed by atoms with Crippen LogP contribution in [0.4, 0.5) is 5.95 Å². The Morgan fingerprint density at radius 3 is 2.85 bits per heavy atom. The number of H-pyrrole nitrogens is 1. The number of esters is 1. The summed E-state index contributed by atoms with van der Waals surface area (Å²) in [6.07, 6.45) is 0.280. The van der Waals surface area contributed by atoms with Crippen molar-refractivity contribution in [3.63, 3.8) is 0 Å². The number of carbonyl (C=O) groups excluding carboxylic acids is 1. The van der Waals surface area contributed by atoms with Crippen molar-refractivity contribution >= 4 is 30.8 Å². The summed E-state index contributed by atoms with van der Waals surface area (Å²) < 4.78 is 43.0. The van der Waals surface area contributed by atoms with Crippen molar-refractivity contribution in [1.29, 1.82) is 0 Å². The average molecular weight is 591 g/mol. The summed E-state index contributed by atoms with van der Waals surface area (Å²) in [6, 6.07) is 3.04. The van der Waals surface area contributed by atoms with Crippen LogP contribution in [0.3, 0.4) is 0 Å². The van der Waals surface area contributed by atoms with Crippen LogP contribution in [-0.2, 0) is 18.6 Å². The van der Waals surface area contributed by atoms with Crippen LogP contribution in [-0.4, -0.2) is 62.2 Å². The minimum absolute atomic E-state index is 0.0365. The number of fused-ring (bicyclic) bond motifs is 2. The molecule has 1 fully saturated rings. The Morgan fingerprint density at radius 2 is 2.10 bits per heavy atom. The molecule has 0 bridgehead atoms. The van der Waals surface area contributed by atoms with E-state index in [0.29, 0.717) is 17.1 Å². The van der Waals surface area contributed by atoms with Crippen molar-refractivity contribution in [2.75, 3.05) is 19.1 Å². The highest BCUT2D eigenvalue weighted by Gasteiger charge is 2.41. The zero-order valence-electron chi connectivity index (χ0n) is 22.6. The molecule has 2 aliphatic rings. The third-order valence-electron chi connectivity index (χ3n) is 6.67. The molecule has 1 saturated carbocycles. The Bertz CT molecular complexity index is 1590. The Hall–Kier alpha value is -3.91. The Balaban J connectivity index is 1.36. The molecule has 0 amide bonds. The molecule has 2 aromatic heterocycles. The number of imidazole rings is 1. The summed E-state index contributed by atoms with van der Waals surface area (Å²) in [7, 11) is -4.25. The highest BCUT2D eigenvalue weighted by atomic mass is 31.2. The fourth-order valence-electron chi connectivity index (χ4n) is 4.69. The minimum Gasteiger partial charge on any atom is -0.462 e. The molecule has 0 radical (unpaired) electrons. The van der Waals surface area contributed by atoms with Crippen LogP contribution >= 0.6 is 7.75 Å². The largest absolute Gasteiger partial charge is 0.462 e. The molecule has 3 heterocycles. The Morgan fingerprint density at radius 1 is 1.34 bits per heavy atom. The topological polar surface area (TPSA) is 202 Å². The van der Waals surface area contributed by atoms with Crippen LogP contribution in [0.15, 0.2) is 41.5 Å². The number of hydrogen-bond donors (Lipinski definition) is 4. The van der Waals surface area contributed by atoms with Crippen LogP contribution in [0.25, 0.3) is 11.2 Å². The fraction of sp³-hybridized carbons (Fsp3) is 0.440. The molecule has 1 unspecified atom stereocenters. The van der Waals surface area contributed by atoms with Crippen LogP contribution in [0.5, 0.6) is 17.2 Å². The lowest BCUT2D eigenvalue weighted by molar-refractivity contribution is -0.149. The summed E-state index contributed by atoms with van der Waals surface area (Å²) in [4.78, 5) is 35.4. The molecular weight excluding hydrogens is 559 g/mol. The number of anilines is 1. The van der Waals surface area contributed by atoms with E-state index < -0.39 is 49.5 Å². The van der Waals surface area contributed by atoms with E-state index in [2.05, 4.69) is 26.6 Å². The maximum absolute atomic E-state index is 14.0. The average Bonchev–Trinajstić information content (AvgIpc) is 3.59. The molecule has 1 aliphatic carbocycles. The van der Waals surface area contributed by atoms with Gasteiger partial charge in [-0.25, -0.2) is 9.55 Å². The van der Waals surface area contributed by atoms with Crippen molar-refractivity contribution in [2.45, 2.75) is 51.5 Å². The minimum atomic E-state index is -4.25. The summed E-state index contributed by atoms with van der Waals surface area (Å²) in [5.41, 5.74) is 6.08. The molecule has 5 N–H and O–H groups in total. The van der Waals surface area contributed by atoms with Crippen molar-refractivity contribution in [2.24, 2.45) is 5.92 Å². The van der Waals surface area contributed by atoms with E-state index in [1.165, 1.54) is 25.4 Å². The van der Waals surface area contributed by atoms with Gasteiger partial charge in [-0.05, 0) is 44.9 Å². The predicted octanol–water partition coefficient (Wildman–Crippen LogP) is 2.04. The van der Waals surface area contributed by atoms with Gasteiger partial charge in [0, 0.05) is 12.0 Å². The van der Waals surface area contributed by atoms with Gasteiger partial charge in [-0.2, -0.15) is 10.1 Å². The van der Waals surface area contributed by atoms with Gasteiger partial charge >= 0.3 is 13.7 Å². The second-order valence-corrected chi connectivity index (χ2v) is 11.7. The molecular formula is C25H31N6O9P. The van der Waals surface area contributed by atoms with Crippen molar-refractivity contribution in [1.82, 2.24) is 24.6 Å². The van der Waals surface area contributed by atoms with E-state index in [-0.39, 0.29) is 42.7 Å². The number of aliphatic hydroxyl groups excluding tert-OH is 1. The third kappa shape index (κ3) is 5.93. The second-order valence-electron chi connectivity index (χ2n) is 10.0. The van der Waals surface area contributed by atoms with Crippen molar-refractivity contribution < 1.29 is 37.7 Å². The van der Waals surface area contributed by atoms with Gasteiger partial charge < -0.3 is 34.1 Å². The zero-order chi connectivity index (χ0) is 29.5. The SMILES string of the molecule is C=C1[C@H](COP(=O)(N[C@@H](C)C(=O)OC(C)C)Oc2ccc3c(c2)OCO3)[C@@H](O)C[C@@H]1n1cnc2c(=O)[nH]c(N)nc21. The van der Waals surface area contributed by atoms with E-state index in [4.69, 9.17) is 29.0 Å². The van der Waals surface area contributed by atoms with Gasteiger partial charge in [0.1, 0.15) is 11.8 Å². The molecule has 1 aliphatic heterocycles. The van der Waals surface area contributed by atoms with E-state index >= 15 is 0 Å². The Labute approximate surface area is 234 Å². The monoisotopic (exact) mass is 590 g/mol. The van der Waals surface area contributed by atoms with Gasteiger partial charge in [-0.3, -0.25) is 19.1 Å². The summed E-state index contributed by atoms with van der Waals surface area (Å²) in [5, 5.41) is 13.5. The first kappa shape index (κ1) is 28.6. The van der Waals surface area contributed by atoms with Crippen molar-refractivity contribution in [3.05, 3.63) is 47.0 Å². The first-order chi connectivity index (χ1) is 19.4. The molecule has 0 spiro atoms. The predicted molar refractivity (Wildman–Crippen MR) is 145 cm³/mol.